The number of aromatic hydroxyl groups is 1. The lowest BCUT2D eigenvalue weighted by Gasteiger charge is -2.14. The average molecular weight is 436 g/mol. The summed E-state index contributed by atoms with van der Waals surface area (Å²) in [6.45, 7) is 6.60. The third-order valence-corrected chi connectivity index (χ3v) is 5.62. The molecule has 172 valence electrons. The van der Waals surface area contributed by atoms with Crippen LogP contribution in [0.3, 0.4) is 0 Å². The molecule has 0 saturated carbocycles. The fraction of sp³-hybridized carbons (Fsp3) is 0.444. The molecule has 0 aliphatic heterocycles. The molecule has 3 aromatic rings. The predicted molar refractivity (Wildman–Crippen MR) is 130 cm³/mol. The monoisotopic (exact) mass is 435 g/mol. The standard InChI is InChI=1S/C16H26O.C11H11N3O/c1-4-7-8-9-10-15-14(6-3)13(5-2)11-12-16(15)17;1-15-11-4-2-9(3-5-11)8-10-6-7-12-14-13-10/h11-12,17H,4-10H2,1-3H3;2-7H,8H2,1H3. The number of nitrogens with zero attached hydrogens (tertiary/aromatic N) is 3. The first-order valence-electron chi connectivity index (χ1n) is 11.7. The Kier molecular flexibility index (Phi) is 11.2. The zero-order valence-corrected chi connectivity index (χ0v) is 20.0. The van der Waals surface area contributed by atoms with E-state index in [1.54, 1.807) is 13.3 Å². The largest absolute Gasteiger partial charge is 0.508 e. The Morgan fingerprint density at radius 2 is 1.62 bits per heavy atom. The molecule has 5 heteroatoms. The van der Waals surface area contributed by atoms with Gasteiger partial charge in [0.25, 0.3) is 0 Å². The van der Waals surface area contributed by atoms with Gasteiger partial charge in [-0.3, -0.25) is 0 Å². The van der Waals surface area contributed by atoms with Gasteiger partial charge < -0.3 is 9.84 Å². The number of phenols is 1. The van der Waals surface area contributed by atoms with E-state index in [9.17, 15) is 5.11 Å². The first kappa shape index (κ1) is 25.3. The van der Waals surface area contributed by atoms with E-state index in [4.69, 9.17) is 4.74 Å². The van der Waals surface area contributed by atoms with Crippen LogP contribution in [-0.2, 0) is 25.7 Å². The summed E-state index contributed by atoms with van der Waals surface area (Å²) in [5, 5.41) is 21.1. The second kappa shape index (κ2) is 14.2. The van der Waals surface area contributed by atoms with Crippen molar-refractivity contribution in [3.8, 4) is 11.5 Å². The Hall–Kier alpha value is -2.95. The molecular formula is C27H37N3O2. The van der Waals surface area contributed by atoms with Crippen molar-refractivity contribution < 1.29 is 9.84 Å². The van der Waals surface area contributed by atoms with Gasteiger partial charge in [-0.2, -0.15) is 0 Å². The minimum absolute atomic E-state index is 0.496. The molecular weight excluding hydrogens is 398 g/mol. The molecule has 0 aliphatic rings. The summed E-state index contributed by atoms with van der Waals surface area (Å²) < 4.78 is 5.08. The highest BCUT2D eigenvalue weighted by Gasteiger charge is 2.10. The number of ether oxygens (including phenoxy) is 1. The predicted octanol–water partition coefficient (Wildman–Crippen LogP) is 6.11. The molecule has 32 heavy (non-hydrogen) atoms. The summed E-state index contributed by atoms with van der Waals surface area (Å²) in [5.74, 6) is 1.36. The lowest BCUT2D eigenvalue weighted by Crippen LogP contribution is -1.99. The van der Waals surface area contributed by atoms with E-state index in [1.165, 1.54) is 47.9 Å². The van der Waals surface area contributed by atoms with Crippen molar-refractivity contribution in [3.63, 3.8) is 0 Å². The van der Waals surface area contributed by atoms with E-state index in [2.05, 4.69) is 42.2 Å². The third kappa shape index (κ3) is 7.95. The number of aryl methyl sites for hydroxylation is 1. The lowest BCUT2D eigenvalue weighted by atomic mass is 9.93. The number of aromatic nitrogens is 3. The first-order chi connectivity index (χ1) is 15.6. The van der Waals surface area contributed by atoms with Crippen LogP contribution in [0.4, 0.5) is 0 Å². The highest BCUT2D eigenvalue weighted by molar-refractivity contribution is 5.44. The zero-order chi connectivity index (χ0) is 23.2. The summed E-state index contributed by atoms with van der Waals surface area (Å²) in [5.41, 5.74) is 6.06. The summed E-state index contributed by atoms with van der Waals surface area (Å²) in [6.07, 6.45) is 10.6. The van der Waals surface area contributed by atoms with Crippen LogP contribution in [0.25, 0.3) is 0 Å². The number of unbranched alkanes of at least 4 members (excludes halogenated alkanes) is 3. The number of benzene rings is 2. The molecule has 5 nitrogen and oxygen atoms in total. The summed E-state index contributed by atoms with van der Waals surface area (Å²) in [6, 6.07) is 13.7. The second-order valence-electron chi connectivity index (χ2n) is 7.86. The molecule has 1 aromatic heterocycles. The fourth-order valence-electron chi connectivity index (χ4n) is 3.82. The summed E-state index contributed by atoms with van der Waals surface area (Å²) in [7, 11) is 1.66. The molecule has 0 fully saturated rings. The van der Waals surface area contributed by atoms with Gasteiger partial charge in [0.1, 0.15) is 11.5 Å². The molecule has 2 aromatic carbocycles. The fourth-order valence-corrected chi connectivity index (χ4v) is 3.82. The van der Waals surface area contributed by atoms with E-state index in [1.807, 2.05) is 36.4 Å². The molecule has 1 heterocycles. The normalized spacial score (nSPS) is 10.4. The van der Waals surface area contributed by atoms with Crippen molar-refractivity contribution in [1.82, 2.24) is 15.4 Å². The van der Waals surface area contributed by atoms with Gasteiger partial charge in [0.2, 0.25) is 0 Å². The van der Waals surface area contributed by atoms with Crippen LogP contribution >= 0.6 is 0 Å². The molecule has 0 atom stereocenters. The molecule has 0 unspecified atom stereocenters. The summed E-state index contributed by atoms with van der Waals surface area (Å²) in [4.78, 5) is 0. The quantitative estimate of drug-likeness (QED) is 0.389. The van der Waals surface area contributed by atoms with Crippen LogP contribution < -0.4 is 4.74 Å². The maximum Gasteiger partial charge on any atom is 0.119 e. The van der Waals surface area contributed by atoms with Gasteiger partial charge in [-0.1, -0.05) is 58.2 Å². The van der Waals surface area contributed by atoms with Crippen molar-refractivity contribution in [1.29, 1.82) is 0 Å². The number of methoxy groups -OCH3 is 1. The molecule has 0 bridgehead atoms. The van der Waals surface area contributed by atoms with E-state index >= 15 is 0 Å². The third-order valence-electron chi connectivity index (χ3n) is 5.62. The molecule has 0 aliphatic carbocycles. The van der Waals surface area contributed by atoms with E-state index < -0.39 is 0 Å². The second-order valence-corrected chi connectivity index (χ2v) is 7.86. The van der Waals surface area contributed by atoms with Gasteiger partial charge in [-0.15, -0.1) is 10.2 Å². The number of phenolic OH excluding ortho intramolecular Hbond substituents is 1. The highest BCUT2D eigenvalue weighted by atomic mass is 16.5. The smallest absolute Gasteiger partial charge is 0.119 e. The Balaban J connectivity index is 0.000000228. The van der Waals surface area contributed by atoms with Crippen molar-refractivity contribution in [2.45, 2.75) is 72.1 Å². The number of hydrogen-bond donors (Lipinski definition) is 1. The van der Waals surface area contributed by atoms with E-state index in [0.717, 1.165) is 37.1 Å². The zero-order valence-electron chi connectivity index (χ0n) is 20.0. The van der Waals surface area contributed by atoms with Gasteiger partial charge in [0, 0.05) is 6.42 Å². The molecule has 1 N–H and O–H groups in total. The van der Waals surface area contributed by atoms with E-state index in [-0.39, 0.29) is 0 Å². The van der Waals surface area contributed by atoms with Gasteiger partial charge >= 0.3 is 0 Å². The molecule has 0 radical (unpaired) electrons. The van der Waals surface area contributed by atoms with Crippen LogP contribution in [0.2, 0.25) is 0 Å². The van der Waals surface area contributed by atoms with Crippen molar-refractivity contribution in [3.05, 3.63) is 76.6 Å². The van der Waals surface area contributed by atoms with Crippen LogP contribution in [-0.4, -0.2) is 27.6 Å². The van der Waals surface area contributed by atoms with Gasteiger partial charge in [-0.05, 0) is 77.4 Å². The first-order valence-corrected chi connectivity index (χ1v) is 11.7. The lowest BCUT2D eigenvalue weighted by molar-refractivity contribution is 0.414. The topological polar surface area (TPSA) is 68.1 Å². The Labute approximate surface area is 192 Å². The van der Waals surface area contributed by atoms with Crippen molar-refractivity contribution in [2.75, 3.05) is 7.11 Å². The maximum absolute atomic E-state index is 10.00. The van der Waals surface area contributed by atoms with E-state index in [0.29, 0.717) is 5.75 Å². The minimum Gasteiger partial charge on any atom is -0.508 e. The molecule has 0 saturated heterocycles. The Morgan fingerprint density at radius 1 is 0.844 bits per heavy atom. The number of rotatable bonds is 10. The summed E-state index contributed by atoms with van der Waals surface area (Å²) >= 11 is 0. The van der Waals surface area contributed by atoms with Crippen LogP contribution in [0, 0.1) is 0 Å². The highest BCUT2D eigenvalue weighted by Crippen LogP contribution is 2.27. The van der Waals surface area contributed by atoms with Gasteiger partial charge in [0.15, 0.2) is 0 Å². The van der Waals surface area contributed by atoms with Gasteiger partial charge in [0.05, 0.1) is 19.0 Å². The average Bonchev–Trinajstić information content (AvgIpc) is 2.84. The number of hydrogen-bond acceptors (Lipinski definition) is 5. The maximum atomic E-state index is 10.00. The van der Waals surface area contributed by atoms with Crippen molar-refractivity contribution in [2.24, 2.45) is 0 Å². The molecule has 3 rings (SSSR count). The van der Waals surface area contributed by atoms with Crippen molar-refractivity contribution >= 4 is 0 Å². The Morgan fingerprint density at radius 3 is 2.22 bits per heavy atom. The van der Waals surface area contributed by atoms with Gasteiger partial charge in [-0.25, -0.2) is 0 Å². The van der Waals surface area contributed by atoms with Crippen LogP contribution in [0.5, 0.6) is 11.5 Å². The Bertz CT molecular complexity index is 912. The molecule has 0 amide bonds. The molecule has 0 spiro atoms. The SMILES string of the molecule is CCCCCCc1c(O)ccc(CC)c1CC.COc1ccc(Cc2ccnnn2)cc1. The van der Waals surface area contributed by atoms with Crippen LogP contribution in [0.1, 0.15) is 74.4 Å². The van der Waals surface area contributed by atoms with Crippen LogP contribution in [0.15, 0.2) is 48.7 Å². The minimum atomic E-state index is 0.496.